The summed E-state index contributed by atoms with van der Waals surface area (Å²) >= 11 is 5.82. The molecular weight excluding hydrogens is 344 g/mol. The smallest absolute Gasteiger partial charge is 0.412 e. The second-order valence-corrected chi connectivity index (χ2v) is 7.34. The van der Waals surface area contributed by atoms with Gasteiger partial charge in [-0.05, 0) is 56.9 Å². The molecule has 1 aliphatic carbocycles. The standard InChI is InChI=1S/C18H23ClN2O4/c1-17(24)18(10-3-2-4-11-18)25-16(23)21(17)12-9-15(22)20-14-7-5-13(19)6-8-14/h5-8,24H,2-4,9-12H2,1H3,(H,20,22). The van der Waals surface area contributed by atoms with Gasteiger partial charge in [0.25, 0.3) is 0 Å². The Labute approximate surface area is 152 Å². The number of benzene rings is 1. The van der Waals surface area contributed by atoms with Gasteiger partial charge in [0.1, 0.15) is 0 Å². The number of carbonyl (C=O) groups is 2. The van der Waals surface area contributed by atoms with Gasteiger partial charge in [-0.1, -0.05) is 18.0 Å². The summed E-state index contributed by atoms with van der Waals surface area (Å²) < 4.78 is 5.57. The number of ether oxygens (including phenoxy) is 1. The van der Waals surface area contributed by atoms with Crippen molar-refractivity contribution in [2.45, 2.75) is 56.8 Å². The number of hydrogen-bond acceptors (Lipinski definition) is 4. The number of nitrogens with zero attached hydrogens (tertiary/aromatic N) is 1. The quantitative estimate of drug-likeness (QED) is 0.854. The van der Waals surface area contributed by atoms with Gasteiger partial charge in [-0.3, -0.25) is 9.69 Å². The summed E-state index contributed by atoms with van der Waals surface area (Å²) in [6.07, 6.45) is 3.76. The van der Waals surface area contributed by atoms with Gasteiger partial charge in [0.2, 0.25) is 5.91 Å². The van der Waals surface area contributed by atoms with Gasteiger partial charge in [-0.15, -0.1) is 0 Å². The molecule has 1 saturated heterocycles. The molecule has 1 atom stereocenters. The highest BCUT2D eigenvalue weighted by Gasteiger charge is 2.61. The number of hydrogen-bond donors (Lipinski definition) is 2. The summed E-state index contributed by atoms with van der Waals surface area (Å²) in [6, 6.07) is 6.79. The summed E-state index contributed by atoms with van der Waals surface area (Å²) in [7, 11) is 0. The molecule has 0 bridgehead atoms. The van der Waals surface area contributed by atoms with Crippen molar-refractivity contribution in [1.29, 1.82) is 0 Å². The van der Waals surface area contributed by atoms with E-state index in [0.717, 1.165) is 19.3 Å². The first-order valence-corrected chi connectivity index (χ1v) is 9.00. The van der Waals surface area contributed by atoms with Crippen molar-refractivity contribution in [2.75, 3.05) is 11.9 Å². The van der Waals surface area contributed by atoms with Crippen molar-refractivity contribution in [3.63, 3.8) is 0 Å². The zero-order valence-corrected chi connectivity index (χ0v) is 15.0. The molecule has 7 heteroatoms. The van der Waals surface area contributed by atoms with E-state index in [2.05, 4.69) is 5.32 Å². The molecule has 1 aliphatic heterocycles. The highest BCUT2D eigenvalue weighted by molar-refractivity contribution is 6.30. The number of nitrogens with one attached hydrogen (secondary N) is 1. The highest BCUT2D eigenvalue weighted by Crippen LogP contribution is 2.46. The summed E-state index contributed by atoms with van der Waals surface area (Å²) in [5.41, 5.74) is -1.62. The van der Waals surface area contributed by atoms with Crippen molar-refractivity contribution in [3.8, 4) is 0 Å². The Kier molecular flexibility index (Phi) is 4.93. The number of anilines is 1. The van der Waals surface area contributed by atoms with Gasteiger partial charge < -0.3 is 15.2 Å². The van der Waals surface area contributed by atoms with E-state index >= 15 is 0 Å². The van der Waals surface area contributed by atoms with Crippen molar-refractivity contribution in [2.24, 2.45) is 0 Å². The molecule has 0 radical (unpaired) electrons. The second-order valence-electron chi connectivity index (χ2n) is 6.90. The van der Waals surface area contributed by atoms with Gasteiger partial charge in [0.05, 0.1) is 0 Å². The van der Waals surface area contributed by atoms with E-state index in [-0.39, 0.29) is 18.9 Å². The molecule has 2 amide bonds. The van der Waals surface area contributed by atoms with Crippen LogP contribution in [0.25, 0.3) is 0 Å². The van der Waals surface area contributed by atoms with E-state index in [1.165, 1.54) is 4.90 Å². The monoisotopic (exact) mass is 366 g/mol. The first-order chi connectivity index (χ1) is 11.8. The Morgan fingerprint density at radius 2 is 1.92 bits per heavy atom. The Balaban J connectivity index is 1.61. The zero-order valence-electron chi connectivity index (χ0n) is 14.3. The molecular formula is C18H23ClN2O4. The third-order valence-electron chi connectivity index (χ3n) is 5.24. The fourth-order valence-electron chi connectivity index (χ4n) is 3.72. The maximum absolute atomic E-state index is 12.3. The average Bonchev–Trinajstić information content (AvgIpc) is 2.74. The molecule has 2 N–H and O–H groups in total. The van der Waals surface area contributed by atoms with Crippen LogP contribution in [0.1, 0.15) is 45.4 Å². The number of amides is 2. The van der Waals surface area contributed by atoms with E-state index in [1.54, 1.807) is 31.2 Å². The Morgan fingerprint density at radius 3 is 2.56 bits per heavy atom. The maximum atomic E-state index is 12.3. The second kappa shape index (κ2) is 6.84. The molecule has 136 valence electrons. The third-order valence-corrected chi connectivity index (χ3v) is 5.50. The fraction of sp³-hybridized carbons (Fsp3) is 0.556. The van der Waals surface area contributed by atoms with Crippen LogP contribution in [-0.2, 0) is 9.53 Å². The van der Waals surface area contributed by atoms with Gasteiger partial charge in [0, 0.05) is 23.7 Å². The Morgan fingerprint density at radius 1 is 1.28 bits per heavy atom. The van der Waals surface area contributed by atoms with Crippen LogP contribution in [0.3, 0.4) is 0 Å². The van der Waals surface area contributed by atoms with E-state index in [4.69, 9.17) is 16.3 Å². The number of rotatable bonds is 4. The molecule has 1 aromatic rings. The normalized spacial score (nSPS) is 25.1. The Hall–Kier alpha value is -1.79. The summed E-state index contributed by atoms with van der Waals surface area (Å²) in [4.78, 5) is 25.7. The molecule has 2 aliphatic rings. The lowest BCUT2D eigenvalue weighted by Gasteiger charge is -2.42. The molecule has 6 nitrogen and oxygen atoms in total. The minimum atomic E-state index is -1.40. The highest BCUT2D eigenvalue weighted by atomic mass is 35.5. The van der Waals surface area contributed by atoms with Crippen LogP contribution in [0, 0.1) is 0 Å². The van der Waals surface area contributed by atoms with Gasteiger partial charge in [-0.25, -0.2) is 4.79 Å². The van der Waals surface area contributed by atoms with Gasteiger partial charge >= 0.3 is 6.09 Å². The molecule has 1 unspecified atom stereocenters. The summed E-state index contributed by atoms with van der Waals surface area (Å²) in [5.74, 6) is -0.240. The van der Waals surface area contributed by atoms with Gasteiger partial charge in [-0.2, -0.15) is 0 Å². The lowest BCUT2D eigenvalue weighted by atomic mass is 9.77. The van der Waals surface area contributed by atoms with Crippen LogP contribution < -0.4 is 5.32 Å². The van der Waals surface area contributed by atoms with Crippen LogP contribution >= 0.6 is 11.6 Å². The number of aliphatic hydroxyl groups is 1. The van der Waals surface area contributed by atoms with E-state index < -0.39 is 17.4 Å². The van der Waals surface area contributed by atoms with E-state index in [0.29, 0.717) is 23.6 Å². The minimum absolute atomic E-state index is 0.0734. The third kappa shape index (κ3) is 3.46. The van der Waals surface area contributed by atoms with Crippen molar-refractivity contribution >= 4 is 29.3 Å². The lowest BCUT2D eigenvalue weighted by Crippen LogP contribution is -2.57. The molecule has 3 rings (SSSR count). The molecule has 0 aromatic heterocycles. The molecule has 1 saturated carbocycles. The van der Waals surface area contributed by atoms with Gasteiger partial charge in [0.15, 0.2) is 11.3 Å². The summed E-state index contributed by atoms with van der Waals surface area (Å²) in [6.45, 7) is 1.72. The number of carbonyl (C=O) groups excluding carboxylic acids is 2. The molecule has 1 heterocycles. The Bertz CT molecular complexity index is 654. The van der Waals surface area contributed by atoms with Crippen molar-refractivity contribution in [3.05, 3.63) is 29.3 Å². The summed E-state index contributed by atoms with van der Waals surface area (Å²) in [5, 5.41) is 14.3. The van der Waals surface area contributed by atoms with Crippen LogP contribution in [0.4, 0.5) is 10.5 Å². The molecule has 1 aromatic carbocycles. The first-order valence-electron chi connectivity index (χ1n) is 8.62. The molecule has 2 fully saturated rings. The number of halogens is 1. The largest absolute Gasteiger partial charge is 0.438 e. The van der Waals surface area contributed by atoms with Crippen LogP contribution in [-0.4, -0.2) is 39.9 Å². The fourth-order valence-corrected chi connectivity index (χ4v) is 3.85. The van der Waals surface area contributed by atoms with E-state index in [1.807, 2.05) is 0 Å². The minimum Gasteiger partial charge on any atom is -0.438 e. The maximum Gasteiger partial charge on any atom is 0.412 e. The lowest BCUT2D eigenvalue weighted by molar-refractivity contribution is -0.159. The average molecular weight is 367 g/mol. The van der Waals surface area contributed by atoms with E-state index in [9.17, 15) is 14.7 Å². The predicted molar refractivity (Wildman–Crippen MR) is 94.3 cm³/mol. The van der Waals surface area contributed by atoms with Crippen LogP contribution in [0.15, 0.2) is 24.3 Å². The predicted octanol–water partition coefficient (Wildman–Crippen LogP) is 3.53. The molecule has 25 heavy (non-hydrogen) atoms. The topological polar surface area (TPSA) is 78.9 Å². The SMILES string of the molecule is CC1(O)N(CCC(=O)Nc2ccc(Cl)cc2)C(=O)OC12CCCCC2. The van der Waals surface area contributed by atoms with Crippen molar-refractivity contribution in [1.82, 2.24) is 4.90 Å². The van der Waals surface area contributed by atoms with Crippen molar-refractivity contribution < 1.29 is 19.4 Å². The molecule has 1 spiro atoms. The van der Waals surface area contributed by atoms with Crippen LogP contribution in [0.5, 0.6) is 0 Å². The van der Waals surface area contributed by atoms with Crippen LogP contribution in [0.2, 0.25) is 5.02 Å². The first kappa shape index (κ1) is 18.0. The zero-order chi connectivity index (χ0) is 18.1.